The summed E-state index contributed by atoms with van der Waals surface area (Å²) in [4.78, 5) is 5.53. The number of hydrogen-bond donors (Lipinski definition) is 1. The number of nitrogen functional groups attached to an aromatic ring is 1. The van der Waals surface area contributed by atoms with E-state index in [1.54, 1.807) is 29.3 Å². The summed E-state index contributed by atoms with van der Waals surface area (Å²) >= 11 is 3.25. The zero-order valence-corrected chi connectivity index (χ0v) is 10.4. The van der Waals surface area contributed by atoms with E-state index < -0.39 is 0 Å². The van der Waals surface area contributed by atoms with Crippen LogP contribution in [0.4, 0.5) is 5.00 Å². The molecule has 2 N–H and O–H groups in total. The Morgan fingerprint density at radius 1 is 1.25 bits per heavy atom. The molecule has 1 aromatic carbocycles. The third kappa shape index (κ3) is 1.95. The van der Waals surface area contributed by atoms with Gasteiger partial charge < -0.3 is 5.73 Å². The molecular weight excluding hydrogens is 236 g/mol. The van der Waals surface area contributed by atoms with Crippen LogP contribution in [0.15, 0.2) is 33.6 Å². The van der Waals surface area contributed by atoms with Crippen molar-refractivity contribution in [2.24, 2.45) is 0 Å². The Kier molecular flexibility index (Phi) is 2.61. The van der Waals surface area contributed by atoms with Gasteiger partial charge >= 0.3 is 0 Å². The molecule has 0 aliphatic heterocycles. The van der Waals surface area contributed by atoms with Crippen molar-refractivity contribution < 1.29 is 0 Å². The molecule has 0 bridgehead atoms. The Balaban J connectivity index is 1.85. The molecule has 0 saturated heterocycles. The SMILES string of the molecule is Nc1cnc(Sc2ccc3c(c2)CCC3)s1. The van der Waals surface area contributed by atoms with Gasteiger partial charge in [0.1, 0.15) is 5.00 Å². The number of aryl methyl sites for hydroxylation is 2. The van der Waals surface area contributed by atoms with Crippen LogP contribution in [0.25, 0.3) is 0 Å². The Bertz CT molecular complexity index is 519. The molecule has 4 heteroatoms. The number of fused-ring (bicyclic) bond motifs is 1. The van der Waals surface area contributed by atoms with Crippen LogP contribution in [0.1, 0.15) is 17.5 Å². The summed E-state index contributed by atoms with van der Waals surface area (Å²) in [7, 11) is 0. The average molecular weight is 248 g/mol. The maximum Gasteiger partial charge on any atom is 0.156 e. The first-order valence-electron chi connectivity index (χ1n) is 5.32. The van der Waals surface area contributed by atoms with Crippen LogP contribution < -0.4 is 5.73 Å². The largest absolute Gasteiger partial charge is 0.389 e. The van der Waals surface area contributed by atoms with Gasteiger partial charge in [0.25, 0.3) is 0 Å². The number of nitrogens with two attached hydrogens (primary N) is 1. The molecule has 0 radical (unpaired) electrons. The minimum Gasteiger partial charge on any atom is -0.389 e. The van der Waals surface area contributed by atoms with Crippen LogP contribution in [0.2, 0.25) is 0 Å². The number of nitrogens with zero attached hydrogens (tertiary/aromatic N) is 1. The molecule has 1 aliphatic carbocycles. The van der Waals surface area contributed by atoms with Crippen LogP contribution in [-0.4, -0.2) is 4.98 Å². The van der Waals surface area contributed by atoms with E-state index in [1.807, 2.05) is 0 Å². The van der Waals surface area contributed by atoms with E-state index in [4.69, 9.17) is 5.73 Å². The van der Waals surface area contributed by atoms with Crippen molar-refractivity contribution in [3.05, 3.63) is 35.5 Å². The van der Waals surface area contributed by atoms with Crippen molar-refractivity contribution in [1.29, 1.82) is 0 Å². The fourth-order valence-electron chi connectivity index (χ4n) is 2.03. The molecule has 1 heterocycles. The third-order valence-electron chi connectivity index (χ3n) is 2.78. The van der Waals surface area contributed by atoms with Gasteiger partial charge in [-0.25, -0.2) is 4.98 Å². The van der Waals surface area contributed by atoms with E-state index >= 15 is 0 Å². The molecule has 0 amide bonds. The van der Waals surface area contributed by atoms with Gasteiger partial charge in [-0.1, -0.05) is 29.2 Å². The van der Waals surface area contributed by atoms with Gasteiger partial charge in [0, 0.05) is 4.90 Å². The molecule has 16 heavy (non-hydrogen) atoms. The van der Waals surface area contributed by atoms with E-state index in [9.17, 15) is 0 Å². The summed E-state index contributed by atoms with van der Waals surface area (Å²) in [6, 6.07) is 6.73. The number of anilines is 1. The van der Waals surface area contributed by atoms with E-state index in [-0.39, 0.29) is 0 Å². The topological polar surface area (TPSA) is 38.9 Å². The van der Waals surface area contributed by atoms with Gasteiger partial charge in [0.15, 0.2) is 4.34 Å². The summed E-state index contributed by atoms with van der Waals surface area (Å²) in [6.07, 6.45) is 5.49. The van der Waals surface area contributed by atoms with Gasteiger partial charge in [-0.05, 0) is 42.5 Å². The van der Waals surface area contributed by atoms with Gasteiger partial charge in [0.05, 0.1) is 6.20 Å². The van der Waals surface area contributed by atoms with Gasteiger partial charge in [-0.3, -0.25) is 0 Å². The quantitative estimate of drug-likeness (QED) is 0.885. The maximum atomic E-state index is 5.67. The van der Waals surface area contributed by atoms with Crippen molar-refractivity contribution in [2.45, 2.75) is 28.5 Å². The lowest BCUT2D eigenvalue weighted by Gasteiger charge is -2.02. The third-order valence-corrected chi connectivity index (χ3v) is 4.67. The highest BCUT2D eigenvalue weighted by Gasteiger charge is 2.11. The zero-order valence-electron chi connectivity index (χ0n) is 8.77. The van der Waals surface area contributed by atoms with Crippen LogP contribution in [0.3, 0.4) is 0 Å². The molecule has 0 fully saturated rings. The number of aromatic nitrogens is 1. The number of hydrogen-bond acceptors (Lipinski definition) is 4. The lowest BCUT2D eigenvalue weighted by atomic mass is 10.1. The number of rotatable bonds is 2. The van der Waals surface area contributed by atoms with E-state index in [2.05, 4.69) is 23.2 Å². The molecule has 1 aliphatic rings. The standard InChI is InChI=1S/C12H12N2S2/c13-11-7-14-12(16-11)15-10-5-4-8-2-1-3-9(8)6-10/h4-7H,1-3,13H2. The first-order chi connectivity index (χ1) is 7.81. The van der Waals surface area contributed by atoms with E-state index in [1.165, 1.54) is 35.3 Å². The van der Waals surface area contributed by atoms with Crippen LogP contribution >= 0.6 is 23.1 Å². The Morgan fingerprint density at radius 2 is 2.12 bits per heavy atom. The highest BCUT2D eigenvalue weighted by Crippen LogP contribution is 2.34. The first-order valence-corrected chi connectivity index (χ1v) is 6.95. The second-order valence-corrected chi connectivity index (χ2v) is 6.30. The smallest absolute Gasteiger partial charge is 0.156 e. The molecule has 0 atom stereocenters. The minimum absolute atomic E-state index is 0.781. The normalized spacial score (nSPS) is 14.0. The minimum atomic E-state index is 0.781. The van der Waals surface area contributed by atoms with Crippen LogP contribution in [0.5, 0.6) is 0 Å². The number of benzene rings is 1. The van der Waals surface area contributed by atoms with Crippen molar-refractivity contribution in [1.82, 2.24) is 4.98 Å². The lowest BCUT2D eigenvalue weighted by Crippen LogP contribution is -1.82. The second-order valence-electron chi connectivity index (χ2n) is 3.91. The fraction of sp³-hybridized carbons (Fsp3) is 0.250. The van der Waals surface area contributed by atoms with E-state index in [0.29, 0.717) is 0 Å². The average Bonchev–Trinajstić information content (AvgIpc) is 2.87. The molecule has 82 valence electrons. The fourth-order valence-corrected chi connectivity index (χ4v) is 3.83. The Hall–Kier alpha value is -1.00. The second kappa shape index (κ2) is 4.11. The summed E-state index contributed by atoms with van der Waals surface area (Å²) in [5, 5.41) is 0.781. The highest BCUT2D eigenvalue weighted by atomic mass is 32.2. The summed E-state index contributed by atoms with van der Waals surface area (Å²) < 4.78 is 1.02. The van der Waals surface area contributed by atoms with Crippen molar-refractivity contribution in [3.8, 4) is 0 Å². The molecule has 2 nitrogen and oxygen atoms in total. The summed E-state index contributed by atoms with van der Waals surface area (Å²) in [5.41, 5.74) is 8.69. The zero-order chi connectivity index (χ0) is 11.0. The molecule has 2 aromatic rings. The maximum absolute atomic E-state index is 5.67. The molecular formula is C12H12N2S2. The van der Waals surface area contributed by atoms with Crippen LogP contribution in [0, 0.1) is 0 Å². The van der Waals surface area contributed by atoms with Gasteiger partial charge in [-0.15, -0.1) is 0 Å². The van der Waals surface area contributed by atoms with Gasteiger partial charge in [0.2, 0.25) is 0 Å². The van der Waals surface area contributed by atoms with Gasteiger partial charge in [-0.2, -0.15) is 0 Å². The van der Waals surface area contributed by atoms with E-state index in [0.717, 1.165) is 9.34 Å². The summed E-state index contributed by atoms with van der Waals surface area (Å²) in [6.45, 7) is 0. The molecule has 1 aromatic heterocycles. The Labute approximate surface area is 103 Å². The molecule has 0 saturated carbocycles. The Morgan fingerprint density at radius 3 is 2.94 bits per heavy atom. The predicted octanol–water partition coefficient (Wildman–Crippen LogP) is 3.37. The molecule has 0 spiro atoms. The molecule has 3 rings (SSSR count). The highest BCUT2D eigenvalue weighted by molar-refractivity contribution is 8.01. The van der Waals surface area contributed by atoms with Crippen molar-refractivity contribution in [3.63, 3.8) is 0 Å². The first kappa shape index (κ1) is 10.2. The van der Waals surface area contributed by atoms with Crippen molar-refractivity contribution in [2.75, 3.05) is 5.73 Å². The lowest BCUT2D eigenvalue weighted by molar-refractivity contribution is 0.911. The summed E-state index contributed by atoms with van der Waals surface area (Å²) in [5.74, 6) is 0. The number of thiazole rings is 1. The van der Waals surface area contributed by atoms with Crippen molar-refractivity contribution >= 4 is 28.1 Å². The van der Waals surface area contributed by atoms with Crippen LogP contribution in [-0.2, 0) is 12.8 Å². The predicted molar refractivity (Wildman–Crippen MR) is 69.1 cm³/mol. The monoisotopic (exact) mass is 248 g/mol. The molecule has 0 unspecified atom stereocenters.